The molecule has 0 aliphatic carbocycles. The average molecular weight is 410 g/mol. The van der Waals surface area contributed by atoms with Gasteiger partial charge >= 0.3 is 6.03 Å². The van der Waals surface area contributed by atoms with Crippen molar-refractivity contribution in [3.63, 3.8) is 0 Å². The molecule has 1 aliphatic rings. The molecule has 0 unspecified atom stereocenters. The summed E-state index contributed by atoms with van der Waals surface area (Å²) in [6.45, 7) is 3.77. The monoisotopic (exact) mass is 409 g/mol. The Kier molecular flexibility index (Phi) is 5.92. The first-order valence-electron chi connectivity index (χ1n) is 8.66. The molecule has 3 amide bonds. The molecule has 9 heteroatoms. The maximum absolute atomic E-state index is 12.9. The molecule has 0 radical (unpaired) electrons. The number of aromatic nitrogens is 2. The fourth-order valence-corrected chi connectivity index (χ4v) is 3.57. The summed E-state index contributed by atoms with van der Waals surface area (Å²) < 4.78 is 1.49. The molecule has 144 valence electrons. The van der Waals surface area contributed by atoms with Crippen LogP contribution in [0.4, 0.5) is 10.5 Å². The molecule has 0 spiro atoms. The molecule has 2 heterocycles. The number of halogens is 2. The van der Waals surface area contributed by atoms with Crippen LogP contribution in [0.1, 0.15) is 22.5 Å². The molecule has 7 nitrogen and oxygen atoms in total. The highest BCUT2D eigenvalue weighted by Gasteiger charge is 2.27. The zero-order valence-corrected chi connectivity index (χ0v) is 16.7. The van der Waals surface area contributed by atoms with E-state index in [0.717, 1.165) is 0 Å². The molecule has 1 saturated heterocycles. The molecule has 1 aliphatic heterocycles. The minimum absolute atomic E-state index is 0.150. The van der Waals surface area contributed by atoms with Crippen molar-refractivity contribution >= 4 is 40.8 Å². The topological polar surface area (TPSA) is 70.5 Å². The summed E-state index contributed by atoms with van der Waals surface area (Å²) >= 11 is 12.2. The highest BCUT2D eigenvalue weighted by Crippen LogP contribution is 2.21. The number of anilines is 1. The summed E-state index contributed by atoms with van der Waals surface area (Å²) in [6, 6.07) is 6.80. The van der Waals surface area contributed by atoms with Crippen LogP contribution in [0.15, 0.2) is 24.3 Å². The number of benzene rings is 1. The van der Waals surface area contributed by atoms with Crippen LogP contribution in [0.25, 0.3) is 0 Å². The Morgan fingerprint density at radius 2 is 1.81 bits per heavy atom. The van der Waals surface area contributed by atoms with Crippen LogP contribution >= 0.6 is 23.2 Å². The number of hydrogen-bond donors (Lipinski definition) is 1. The van der Waals surface area contributed by atoms with Crippen molar-refractivity contribution in [2.75, 3.05) is 31.5 Å². The minimum Gasteiger partial charge on any atom is -0.337 e. The summed E-state index contributed by atoms with van der Waals surface area (Å²) in [5.74, 6) is -0.150. The lowest BCUT2D eigenvalue weighted by Gasteiger charge is -2.22. The maximum atomic E-state index is 12.9. The number of aryl methyl sites for hydroxylation is 2. The Morgan fingerprint density at radius 3 is 2.48 bits per heavy atom. The molecular weight excluding hydrogens is 389 g/mol. The lowest BCUT2D eigenvalue weighted by Crippen LogP contribution is -2.39. The maximum Gasteiger partial charge on any atom is 0.321 e. The zero-order valence-electron chi connectivity index (χ0n) is 15.2. The first kappa shape index (κ1) is 19.5. The summed E-state index contributed by atoms with van der Waals surface area (Å²) in [4.78, 5) is 28.8. The molecule has 1 N–H and O–H groups in total. The zero-order chi connectivity index (χ0) is 19.6. The van der Waals surface area contributed by atoms with Crippen LogP contribution in [0.2, 0.25) is 10.2 Å². The Hall–Kier alpha value is -2.25. The van der Waals surface area contributed by atoms with E-state index >= 15 is 0 Å². The molecule has 0 atom stereocenters. The van der Waals surface area contributed by atoms with Gasteiger partial charge in [0, 0.05) is 43.9 Å². The van der Waals surface area contributed by atoms with Crippen molar-refractivity contribution in [2.24, 2.45) is 7.05 Å². The van der Waals surface area contributed by atoms with E-state index in [4.69, 9.17) is 23.2 Å². The van der Waals surface area contributed by atoms with E-state index < -0.39 is 0 Å². The lowest BCUT2D eigenvalue weighted by atomic mass is 10.2. The fourth-order valence-electron chi connectivity index (χ4n) is 3.12. The number of amides is 3. The molecule has 1 fully saturated rings. The third kappa shape index (κ3) is 4.36. The third-order valence-electron chi connectivity index (χ3n) is 4.51. The lowest BCUT2D eigenvalue weighted by molar-refractivity contribution is 0.0762. The Labute approximate surface area is 167 Å². The smallest absolute Gasteiger partial charge is 0.321 e. The number of urea groups is 1. The Bertz CT molecular complexity index is 867. The number of nitrogens with zero attached hydrogens (tertiary/aromatic N) is 4. The van der Waals surface area contributed by atoms with Crippen molar-refractivity contribution in [3.05, 3.63) is 45.7 Å². The van der Waals surface area contributed by atoms with Crippen LogP contribution < -0.4 is 5.32 Å². The highest BCUT2D eigenvalue weighted by atomic mass is 35.5. The summed E-state index contributed by atoms with van der Waals surface area (Å²) in [6.07, 6.45) is 0.686. The average Bonchev–Trinajstić information content (AvgIpc) is 2.80. The summed E-state index contributed by atoms with van der Waals surface area (Å²) in [7, 11) is 1.70. The number of rotatable bonds is 2. The van der Waals surface area contributed by atoms with E-state index in [1.54, 1.807) is 48.0 Å². The van der Waals surface area contributed by atoms with Crippen LogP contribution in [-0.4, -0.2) is 57.7 Å². The predicted octanol–water partition coefficient (Wildman–Crippen LogP) is 3.42. The van der Waals surface area contributed by atoms with Gasteiger partial charge in [-0.2, -0.15) is 5.10 Å². The summed E-state index contributed by atoms with van der Waals surface area (Å²) in [5, 5.41) is 7.93. The van der Waals surface area contributed by atoms with Gasteiger partial charge in [0.2, 0.25) is 0 Å². The Morgan fingerprint density at radius 1 is 1.11 bits per heavy atom. The van der Waals surface area contributed by atoms with E-state index in [9.17, 15) is 9.59 Å². The van der Waals surface area contributed by atoms with E-state index in [2.05, 4.69) is 10.4 Å². The van der Waals surface area contributed by atoms with Gasteiger partial charge in [-0.1, -0.05) is 29.3 Å². The second-order valence-electron chi connectivity index (χ2n) is 6.45. The second kappa shape index (κ2) is 8.19. The van der Waals surface area contributed by atoms with Gasteiger partial charge in [0.1, 0.15) is 5.15 Å². The van der Waals surface area contributed by atoms with E-state index in [1.165, 1.54) is 4.68 Å². The van der Waals surface area contributed by atoms with E-state index in [0.29, 0.717) is 59.7 Å². The highest BCUT2D eigenvalue weighted by molar-refractivity contribution is 6.33. The molecule has 0 bridgehead atoms. The molecule has 27 heavy (non-hydrogen) atoms. The SMILES string of the molecule is Cc1nn(C)c(Cl)c1C(=O)N1CCCN(C(=O)Nc2cccc(Cl)c2)CC1. The molecule has 2 aromatic rings. The van der Waals surface area contributed by atoms with Crippen molar-refractivity contribution in [3.8, 4) is 0 Å². The van der Waals surface area contributed by atoms with Gasteiger partial charge in [0.25, 0.3) is 5.91 Å². The van der Waals surface area contributed by atoms with Gasteiger partial charge in [0.15, 0.2) is 0 Å². The van der Waals surface area contributed by atoms with Crippen LogP contribution in [0.5, 0.6) is 0 Å². The minimum atomic E-state index is -0.206. The largest absolute Gasteiger partial charge is 0.337 e. The van der Waals surface area contributed by atoms with Crippen molar-refractivity contribution in [1.82, 2.24) is 19.6 Å². The van der Waals surface area contributed by atoms with Gasteiger partial charge in [-0.25, -0.2) is 4.79 Å². The standard InChI is InChI=1S/C18H21Cl2N5O2/c1-12-15(16(20)23(2)22-12)17(26)24-7-4-8-25(10-9-24)18(27)21-14-6-3-5-13(19)11-14/h3,5-6,11H,4,7-10H2,1-2H3,(H,21,27). The van der Waals surface area contributed by atoms with E-state index in [-0.39, 0.29) is 11.9 Å². The van der Waals surface area contributed by atoms with Crippen LogP contribution in [0, 0.1) is 6.92 Å². The molecule has 1 aromatic heterocycles. The fraction of sp³-hybridized carbons (Fsp3) is 0.389. The van der Waals surface area contributed by atoms with E-state index in [1.807, 2.05) is 0 Å². The second-order valence-corrected chi connectivity index (χ2v) is 7.24. The first-order valence-corrected chi connectivity index (χ1v) is 9.42. The number of hydrogen-bond acceptors (Lipinski definition) is 3. The number of carbonyl (C=O) groups excluding carboxylic acids is 2. The molecule has 0 saturated carbocycles. The van der Waals surface area contributed by atoms with Crippen LogP contribution in [-0.2, 0) is 7.05 Å². The van der Waals surface area contributed by atoms with Gasteiger partial charge in [0.05, 0.1) is 11.3 Å². The normalized spacial score (nSPS) is 14.8. The van der Waals surface area contributed by atoms with Crippen molar-refractivity contribution < 1.29 is 9.59 Å². The predicted molar refractivity (Wildman–Crippen MR) is 106 cm³/mol. The van der Waals surface area contributed by atoms with Gasteiger partial charge < -0.3 is 15.1 Å². The van der Waals surface area contributed by atoms with Crippen LogP contribution in [0.3, 0.4) is 0 Å². The quantitative estimate of drug-likeness (QED) is 0.825. The summed E-state index contributed by atoms with van der Waals surface area (Å²) in [5.41, 5.74) is 1.67. The number of carbonyl (C=O) groups is 2. The van der Waals surface area contributed by atoms with Gasteiger partial charge in [-0.3, -0.25) is 9.48 Å². The molecule has 3 rings (SSSR count). The molecular formula is C18H21Cl2N5O2. The molecule has 1 aromatic carbocycles. The van der Waals surface area contributed by atoms with Gasteiger partial charge in [-0.15, -0.1) is 0 Å². The first-order chi connectivity index (χ1) is 12.9. The van der Waals surface area contributed by atoms with Gasteiger partial charge in [-0.05, 0) is 31.5 Å². The van der Waals surface area contributed by atoms with Crippen molar-refractivity contribution in [2.45, 2.75) is 13.3 Å². The van der Waals surface area contributed by atoms with Crippen molar-refractivity contribution in [1.29, 1.82) is 0 Å². The third-order valence-corrected chi connectivity index (χ3v) is 5.18. The Balaban J connectivity index is 1.64. The number of nitrogens with one attached hydrogen (secondary N) is 1.